The summed E-state index contributed by atoms with van der Waals surface area (Å²) in [6.45, 7) is 4.42. The van der Waals surface area contributed by atoms with Gasteiger partial charge in [-0.15, -0.1) is 0 Å². The van der Waals surface area contributed by atoms with E-state index in [0.29, 0.717) is 17.4 Å². The molecule has 0 heterocycles. The van der Waals surface area contributed by atoms with Crippen LogP contribution in [0, 0.1) is 0 Å². The Morgan fingerprint density at radius 2 is 0.962 bits per heavy atom. The Morgan fingerprint density at radius 3 is 1.40 bits per heavy atom. The number of carbonyl (C=O) groups excluding carboxylic acids is 2. The first-order valence-electron chi connectivity index (χ1n) is 21.9. The Bertz CT molecular complexity index is 922. The fourth-order valence-corrected chi connectivity index (χ4v) is 6.81. The van der Waals surface area contributed by atoms with E-state index < -0.39 is 26.5 Å². The third-order valence-corrected chi connectivity index (χ3v) is 10.5. The highest BCUT2D eigenvalue weighted by molar-refractivity contribution is 7.47. The molecule has 0 aliphatic carbocycles. The lowest BCUT2D eigenvalue weighted by atomic mass is 10.0. The number of hydrogen-bond donors (Lipinski definition) is 1. The summed E-state index contributed by atoms with van der Waals surface area (Å²) in [5, 5.41) is 0. The van der Waals surface area contributed by atoms with Crippen molar-refractivity contribution in [2.45, 2.75) is 206 Å². The van der Waals surface area contributed by atoms with Gasteiger partial charge >= 0.3 is 19.8 Å². The van der Waals surface area contributed by atoms with Gasteiger partial charge in [0.25, 0.3) is 0 Å². The minimum atomic E-state index is -4.37. The van der Waals surface area contributed by atoms with E-state index in [1.54, 1.807) is 0 Å². The maximum atomic E-state index is 12.6. The van der Waals surface area contributed by atoms with Gasteiger partial charge in [0.1, 0.15) is 19.8 Å². The summed E-state index contributed by atoms with van der Waals surface area (Å²) >= 11 is 0. The lowest BCUT2D eigenvalue weighted by Crippen LogP contribution is -2.37. The molecule has 0 rings (SSSR count). The predicted octanol–water partition coefficient (Wildman–Crippen LogP) is 12.2. The van der Waals surface area contributed by atoms with Crippen LogP contribution in [-0.2, 0) is 32.7 Å². The van der Waals surface area contributed by atoms with Crippen LogP contribution in [-0.4, -0.2) is 74.9 Å². The molecule has 0 spiro atoms. The zero-order chi connectivity index (χ0) is 39.3. The molecule has 0 aromatic rings. The minimum absolute atomic E-state index is 0.0341. The fraction of sp³-hybridized carbons (Fsp3) is 0.907. The van der Waals surface area contributed by atoms with Crippen molar-refractivity contribution in [3.8, 4) is 0 Å². The number of ether oxygens (including phenoxy) is 2. The van der Waals surface area contributed by atoms with E-state index in [1.807, 2.05) is 21.1 Å². The van der Waals surface area contributed by atoms with Crippen LogP contribution < -0.4 is 0 Å². The molecule has 0 bridgehead atoms. The number of rotatable bonds is 40. The molecule has 1 N–H and O–H groups in total. The molecule has 0 fully saturated rings. The number of allylic oxidation sites excluding steroid dienone is 2. The lowest BCUT2D eigenvalue weighted by Gasteiger charge is -2.24. The Morgan fingerprint density at radius 1 is 0.566 bits per heavy atom. The second-order valence-electron chi connectivity index (χ2n) is 16.1. The molecule has 314 valence electrons. The maximum Gasteiger partial charge on any atom is 0.472 e. The Labute approximate surface area is 326 Å². The van der Waals surface area contributed by atoms with E-state index in [0.717, 1.165) is 32.1 Å². The first-order valence-corrected chi connectivity index (χ1v) is 23.4. The molecule has 10 heteroatoms. The van der Waals surface area contributed by atoms with Gasteiger partial charge in [-0.3, -0.25) is 18.6 Å². The molecule has 9 nitrogen and oxygen atoms in total. The van der Waals surface area contributed by atoms with E-state index in [4.69, 9.17) is 18.5 Å². The third kappa shape index (κ3) is 40.2. The van der Waals surface area contributed by atoms with Crippen LogP contribution in [0.15, 0.2) is 12.2 Å². The molecule has 0 saturated heterocycles. The number of hydrogen-bond acceptors (Lipinski definition) is 7. The van der Waals surface area contributed by atoms with Crippen molar-refractivity contribution in [3.63, 3.8) is 0 Å². The van der Waals surface area contributed by atoms with Gasteiger partial charge in [0.15, 0.2) is 6.10 Å². The van der Waals surface area contributed by atoms with Crippen molar-refractivity contribution in [3.05, 3.63) is 12.2 Å². The number of phosphoric ester groups is 1. The summed E-state index contributed by atoms with van der Waals surface area (Å²) in [6.07, 6.45) is 36.8. The van der Waals surface area contributed by atoms with Crippen LogP contribution in [0.3, 0.4) is 0 Å². The van der Waals surface area contributed by atoms with Gasteiger partial charge in [0, 0.05) is 12.8 Å². The lowest BCUT2D eigenvalue weighted by molar-refractivity contribution is -0.870. The van der Waals surface area contributed by atoms with Gasteiger partial charge in [0.2, 0.25) is 0 Å². The highest BCUT2D eigenvalue weighted by Gasteiger charge is 2.27. The molecular weight excluding hydrogens is 689 g/mol. The Kier molecular flexibility index (Phi) is 35.5. The van der Waals surface area contributed by atoms with Crippen molar-refractivity contribution < 1.29 is 42.1 Å². The SMILES string of the molecule is CCCCCCCC/C=C\CCCCCCCCCC(=O)OC[C@H](COP(=O)(O)OCC[N+](C)(C)C)OC(=O)CCCCCCCCCCCCCC. The highest BCUT2D eigenvalue weighted by atomic mass is 31.2. The summed E-state index contributed by atoms with van der Waals surface area (Å²) < 4.78 is 34.3. The largest absolute Gasteiger partial charge is 0.472 e. The van der Waals surface area contributed by atoms with E-state index in [2.05, 4.69) is 26.0 Å². The smallest absolute Gasteiger partial charge is 0.462 e. The summed E-state index contributed by atoms with van der Waals surface area (Å²) in [6, 6.07) is 0. The second kappa shape index (κ2) is 36.4. The average Bonchev–Trinajstić information content (AvgIpc) is 3.10. The molecule has 2 atom stereocenters. The van der Waals surface area contributed by atoms with E-state index in [-0.39, 0.29) is 32.0 Å². The third-order valence-electron chi connectivity index (χ3n) is 9.55. The normalized spacial score (nSPS) is 13.7. The van der Waals surface area contributed by atoms with Crippen molar-refractivity contribution in [1.29, 1.82) is 0 Å². The Balaban J connectivity index is 4.32. The van der Waals surface area contributed by atoms with Gasteiger partial charge in [-0.1, -0.05) is 161 Å². The maximum absolute atomic E-state index is 12.6. The molecule has 0 aromatic heterocycles. The van der Waals surface area contributed by atoms with Crippen molar-refractivity contribution in [1.82, 2.24) is 0 Å². The highest BCUT2D eigenvalue weighted by Crippen LogP contribution is 2.43. The van der Waals surface area contributed by atoms with Crippen molar-refractivity contribution in [2.75, 3.05) is 47.5 Å². The average molecular weight is 775 g/mol. The van der Waals surface area contributed by atoms with Gasteiger partial charge in [0.05, 0.1) is 27.7 Å². The number of likely N-dealkylation sites (N-methyl/N-ethyl adjacent to an activating group) is 1. The van der Waals surface area contributed by atoms with Crippen LogP contribution in [0.5, 0.6) is 0 Å². The molecule has 0 radical (unpaired) electrons. The van der Waals surface area contributed by atoms with Crippen molar-refractivity contribution in [2.24, 2.45) is 0 Å². The number of esters is 2. The number of unbranched alkanes of at least 4 members (excludes halogenated alkanes) is 24. The van der Waals surface area contributed by atoms with Gasteiger partial charge in [-0.25, -0.2) is 4.57 Å². The fourth-order valence-electron chi connectivity index (χ4n) is 6.07. The molecule has 0 amide bonds. The van der Waals surface area contributed by atoms with Crippen LogP contribution in [0.1, 0.15) is 200 Å². The molecule has 0 saturated carbocycles. The predicted molar refractivity (Wildman–Crippen MR) is 220 cm³/mol. The standard InChI is InChI=1S/C43H84NO8P/c1-6-8-10-12-14-16-18-20-21-22-23-24-26-27-29-31-33-35-42(45)49-39-41(40-51-53(47,48)50-38-37-44(3,4)5)52-43(46)36-34-32-30-28-25-19-17-15-13-11-9-7-2/h20-21,41H,6-19,22-40H2,1-5H3/p+1/b21-20-/t41-/m1/s1. The zero-order valence-electron chi connectivity index (χ0n) is 35.3. The van der Waals surface area contributed by atoms with E-state index in [9.17, 15) is 19.0 Å². The van der Waals surface area contributed by atoms with Gasteiger partial charge in [-0.2, -0.15) is 0 Å². The van der Waals surface area contributed by atoms with Crippen LogP contribution in [0.4, 0.5) is 0 Å². The van der Waals surface area contributed by atoms with Gasteiger partial charge < -0.3 is 18.9 Å². The number of nitrogens with zero attached hydrogens (tertiary/aromatic N) is 1. The number of phosphoric acid groups is 1. The molecule has 0 aliphatic rings. The molecular formula is C43H85NO8P+. The number of carbonyl (C=O) groups is 2. The summed E-state index contributed by atoms with van der Waals surface area (Å²) in [5.41, 5.74) is 0. The molecule has 53 heavy (non-hydrogen) atoms. The van der Waals surface area contributed by atoms with Crippen molar-refractivity contribution >= 4 is 19.8 Å². The van der Waals surface area contributed by atoms with Gasteiger partial charge in [-0.05, 0) is 38.5 Å². The molecule has 0 aromatic carbocycles. The second-order valence-corrected chi connectivity index (χ2v) is 17.5. The monoisotopic (exact) mass is 775 g/mol. The molecule has 0 aliphatic heterocycles. The van der Waals surface area contributed by atoms with Crippen LogP contribution in [0.25, 0.3) is 0 Å². The zero-order valence-corrected chi connectivity index (χ0v) is 36.2. The molecule has 1 unspecified atom stereocenters. The number of quaternary nitrogens is 1. The minimum Gasteiger partial charge on any atom is -0.462 e. The van der Waals surface area contributed by atoms with E-state index in [1.165, 1.54) is 135 Å². The summed E-state index contributed by atoms with van der Waals surface area (Å²) in [4.78, 5) is 35.3. The van der Waals surface area contributed by atoms with Crippen LogP contribution >= 0.6 is 7.82 Å². The quantitative estimate of drug-likeness (QED) is 0.0215. The first kappa shape index (κ1) is 51.8. The first-order chi connectivity index (χ1) is 25.5. The summed E-state index contributed by atoms with van der Waals surface area (Å²) in [7, 11) is 1.48. The summed E-state index contributed by atoms with van der Waals surface area (Å²) in [5.74, 6) is -0.796. The Hall–Kier alpha value is -1.25. The van der Waals surface area contributed by atoms with E-state index >= 15 is 0 Å². The topological polar surface area (TPSA) is 108 Å². The van der Waals surface area contributed by atoms with Crippen LogP contribution in [0.2, 0.25) is 0 Å².